The molecule has 2 rings (SSSR count). The van der Waals surface area contributed by atoms with Crippen LogP contribution in [0.1, 0.15) is 18.9 Å². The standard InChI is InChI=1S/C13H20N4O/c1-10(18)16-12-5-6-17(9-12)8-11-3-4-13(14-2)15-7-11/h3-4,7,12H,5-6,8-9H2,1-2H3,(H,14,15)(H,16,18). The molecule has 0 bridgehead atoms. The highest BCUT2D eigenvalue weighted by atomic mass is 16.1. The van der Waals surface area contributed by atoms with E-state index in [1.54, 1.807) is 6.92 Å². The van der Waals surface area contributed by atoms with Crippen LogP contribution in [0.15, 0.2) is 18.3 Å². The minimum Gasteiger partial charge on any atom is -0.373 e. The Kier molecular flexibility index (Phi) is 4.15. The summed E-state index contributed by atoms with van der Waals surface area (Å²) < 4.78 is 0. The molecular weight excluding hydrogens is 228 g/mol. The first kappa shape index (κ1) is 12.8. The van der Waals surface area contributed by atoms with Crippen molar-refractivity contribution in [1.82, 2.24) is 15.2 Å². The summed E-state index contributed by atoms with van der Waals surface area (Å²) in [6.07, 6.45) is 2.93. The molecule has 0 saturated carbocycles. The summed E-state index contributed by atoms with van der Waals surface area (Å²) in [6.45, 7) is 4.42. The number of pyridine rings is 1. The lowest BCUT2D eigenvalue weighted by atomic mass is 10.2. The van der Waals surface area contributed by atoms with E-state index in [-0.39, 0.29) is 5.91 Å². The van der Waals surface area contributed by atoms with Crippen LogP contribution in [0.4, 0.5) is 5.82 Å². The lowest BCUT2D eigenvalue weighted by molar-refractivity contribution is -0.119. The Morgan fingerprint density at radius 2 is 2.39 bits per heavy atom. The maximum atomic E-state index is 11.0. The van der Waals surface area contributed by atoms with Gasteiger partial charge >= 0.3 is 0 Å². The molecule has 1 fully saturated rings. The maximum Gasteiger partial charge on any atom is 0.217 e. The van der Waals surface area contributed by atoms with Gasteiger partial charge in [0.05, 0.1) is 0 Å². The molecule has 1 aliphatic rings. The summed E-state index contributed by atoms with van der Waals surface area (Å²) in [5.41, 5.74) is 1.21. The Labute approximate surface area is 108 Å². The summed E-state index contributed by atoms with van der Waals surface area (Å²) in [7, 11) is 1.86. The lowest BCUT2D eigenvalue weighted by Gasteiger charge is -2.16. The van der Waals surface area contributed by atoms with Crippen molar-refractivity contribution in [2.24, 2.45) is 0 Å². The van der Waals surface area contributed by atoms with Gasteiger partial charge in [-0.15, -0.1) is 0 Å². The molecule has 5 nitrogen and oxygen atoms in total. The second-order valence-corrected chi connectivity index (χ2v) is 4.72. The highest BCUT2D eigenvalue weighted by Crippen LogP contribution is 2.14. The van der Waals surface area contributed by atoms with E-state index >= 15 is 0 Å². The lowest BCUT2D eigenvalue weighted by Crippen LogP contribution is -2.35. The molecule has 1 saturated heterocycles. The smallest absolute Gasteiger partial charge is 0.217 e. The van der Waals surface area contributed by atoms with Crippen molar-refractivity contribution in [3.05, 3.63) is 23.9 Å². The minimum atomic E-state index is 0.0573. The Hall–Kier alpha value is -1.62. The van der Waals surface area contributed by atoms with E-state index in [1.165, 1.54) is 5.56 Å². The van der Waals surface area contributed by atoms with Crippen molar-refractivity contribution >= 4 is 11.7 Å². The van der Waals surface area contributed by atoms with E-state index < -0.39 is 0 Å². The van der Waals surface area contributed by atoms with Gasteiger partial charge in [-0.1, -0.05) is 6.07 Å². The third-order valence-electron chi connectivity index (χ3n) is 3.17. The summed E-state index contributed by atoms with van der Waals surface area (Å²) in [5.74, 6) is 0.943. The van der Waals surface area contributed by atoms with E-state index in [0.717, 1.165) is 31.9 Å². The molecule has 1 aromatic rings. The van der Waals surface area contributed by atoms with E-state index in [2.05, 4.69) is 26.6 Å². The van der Waals surface area contributed by atoms with Crippen LogP contribution in [0, 0.1) is 0 Å². The maximum absolute atomic E-state index is 11.0. The number of carbonyl (C=O) groups is 1. The van der Waals surface area contributed by atoms with Crippen LogP contribution in [0.2, 0.25) is 0 Å². The monoisotopic (exact) mass is 248 g/mol. The fourth-order valence-electron chi connectivity index (χ4n) is 2.31. The Balaban J connectivity index is 1.85. The van der Waals surface area contributed by atoms with Crippen LogP contribution in [0.5, 0.6) is 0 Å². The molecule has 2 heterocycles. The van der Waals surface area contributed by atoms with Gasteiger partial charge in [0.2, 0.25) is 5.91 Å². The van der Waals surface area contributed by atoms with Gasteiger partial charge in [0.25, 0.3) is 0 Å². The highest BCUT2D eigenvalue weighted by molar-refractivity contribution is 5.73. The Morgan fingerprint density at radius 1 is 1.56 bits per heavy atom. The molecule has 0 aromatic carbocycles. The fourth-order valence-corrected chi connectivity index (χ4v) is 2.31. The molecule has 0 radical (unpaired) electrons. The van der Waals surface area contributed by atoms with Crippen LogP contribution in [0.3, 0.4) is 0 Å². The van der Waals surface area contributed by atoms with Crippen molar-refractivity contribution in [3.8, 4) is 0 Å². The van der Waals surface area contributed by atoms with E-state index in [9.17, 15) is 4.79 Å². The number of hydrogen-bond donors (Lipinski definition) is 2. The molecule has 5 heteroatoms. The van der Waals surface area contributed by atoms with Gasteiger partial charge in [0.1, 0.15) is 5.82 Å². The van der Waals surface area contributed by atoms with Gasteiger partial charge in [-0.25, -0.2) is 4.98 Å². The van der Waals surface area contributed by atoms with Gasteiger partial charge in [-0.05, 0) is 18.1 Å². The molecule has 0 aliphatic carbocycles. The first-order chi connectivity index (χ1) is 8.67. The van der Waals surface area contributed by atoms with Crippen LogP contribution >= 0.6 is 0 Å². The quantitative estimate of drug-likeness (QED) is 0.829. The summed E-state index contributed by atoms with van der Waals surface area (Å²) in [6, 6.07) is 4.37. The van der Waals surface area contributed by atoms with Crippen molar-refractivity contribution in [1.29, 1.82) is 0 Å². The number of amides is 1. The third kappa shape index (κ3) is 3.43. The fraction of sp³-hybridized carbons (Fsp3) is 0.538. The Morgan fingerprint density at radius 3 is 3.00 bits per heavy atom. The molecule has 1 unspecified atom stereocenters. The average Bonchev–Trinajstić information content (AvgIpc) is 2.76. The topological polar surface area (TPSA) is 57.3 Å². The van der Waals surface area contributed by atoms with E-state index in [4.69, 9.17) is 0 Å². The molecule has 98 valence electrons. The largest absolute Gasteiger partial charge is 0.373 e. The van der Waals surface area contributed by atoms with Crippen molar-refractivity contribution in [2.75, 3.05) is 25.5 Å². The zero-order chi connectivity index (χ0) is 13.0. The van der Waals surface area contributed by atoms with Gasteiger partial charge in [0, 0.05) is 45.8 Å². The molecule has 18 heavy (non-hydrogen) atoms. The normalized spacial score (nSPS) is 19.8. The molecule has 1 atom stereocenters. The van der Waals surface area contributed by atoms with Gasteiger partial charge in [0.15, 0.2) is 0 Å². The molecule has 1 aliphatic heterocycles. The molecule has 1 amide bonds. The summed E-state index contributed by atoms with van der Waals surface area (Å²) >= 11 is 0. The molecular formula is C13H20N4O. The molecule has 2 N–H and O–H groups in total. The summed E-state index contributed by atoms with van der Waals surface area (Å²) in [4.78, 5) is 17.6. The van der Waals surface area contributed by atoms with Gasteiger partial charge < -0.3 is 10.6 Å². The zero-order valence-corrected chi connectivity index (χ0v) is 10.9. The van der Waals surface area contributed by atoms with Crippen LogP contribution in [-0.4, -0.2) is 42.0 Å². The van der Waals surface area contributed by atoms with Gasteiger partial charge in [-0.2, -0.15) is 0 Å². The predicted molar refractivity (Wildman–Crippen MR) is 71.3 cm³/mol. The number of anilines is 1. The second kappa shape index (κ2) is 5.82. The average molecular weight is 248 g/mol. The summed E-state index contributed by atoms with van der Waals surface area (Å²) in [5, 5.41) is 5.97. The number of rotatable bonds is 4. The zero-order valence-electron chi connectivity index (χ0n) is 10.9. The first-order valence-electron chi connectivity index (χ1n) is 6.29. The van der Waals surface area contributed by atoms with Crippen molar-refractivity contribution in [2.45, 2.75) is 25.9 Å². The van der Waals surface area contributed by atoms with E-state index in [0.29, 0.717) is 6.04 Å². The van der Waals surface area contributed by atoms with Crippen molar-refractivity contribution < 1.29 is 4.79 Å². The highest BCUT2D eigenvalue weighted by Gasteiger charge is 2.22. The molecule has 1 aromatic heterocycles. The number of aromatic nitrogens is 1. The SMILES string of the molecule is CNc1ccc(CN2CCC(NC(C)=O)C2)cn1. The van der Waals surface area contributed by atoms with Crippen LogP contribution in [0.25, 0.3) is 0 Å². The van der Waals surface area contributed by atoms with Crippen LogP contribution in [-0.2, 0) is 11.3 Å². The van der Waals surface area contributed by atoms with Gasteiger partial charge in [-0.3, -0.25) is 9.69 Å². The number of hydrogen-bond acceptors (Lipinski definition) is 4. The van der Waals surface area contributed by atoms with Crippen molar-refractivity contribution in [3.63, 3.8) is 0 Å². The Bertz CT molecular complexity index is 404. The third-order valence-corrected chi connectivity index (χ3v) is 3.17. The first-order valence-corrected chi connectivity index (χ1v) is 6.29. The van der Waals surface area contributed by atoms with E-state index in [1.807, 2.05) is 19.3 Å². The second-order valence-electron chi connectivity index (χ2n) is 4.72. The predicted octanol–water partition coefficient (Wildman–Crippen LogP) is 0.834. The number of likely N-dealkylation sites (tertiary alicyclic amines) is 1. The number of carbonyl (C=O) groups excluding carboxylic acids is 1. The molecule has 0 spiro atoms. The number of nitrogens with one attached hydrogen (secondary N) is 2. The number of nitrogens with zero attached hydrogens (tertiary/aromatic N) is 2. The minimum absolute atomic E-state index is 0.0573. The van der Waals surface area contributed by atoms with Crippen LogP contribution < -0.4 is 10.6 Å².